The van der Waals surface area contributed by atoms with Gasteiger partial charge in [-0.3, -0.25) is 25.0 Å². The Bertz CT molecular complexity index is 1080. The number of amides is 1. The van der Waals surface area contributed by atoms with Gasteiger partial charge in [0.05, 0.1) is 15.4 Å². The highest BCUT2D eigenvalue weighted by Gasteiger charge is 2.35. The number of halogens is 1. The van der Waals surface area contributed by atoms with E-state index in [-0.39, 0.29) is 28.1 Å². The third-order valence-electron chi connectivity index (χ3n) is 3.97. The smallest absolute Gasteiger partial charge is 0.290 e. The number of nitro groups is 2. The van der Waals surface area contributed by atoms with Crippen LogP contribution in [0.15, 0.2) is 41.9 Å². The highest BCUT2D eigenvalue weighted by atomic mass is 35.5. The maximum absolute atomic E-state index is 11.9. The Morgan fingerprint density at radius 1 is 1.18 bits per heavy atom. The maximum Gasteiger partial charge on any atom is 0.290 e. The van der Waals surface area contributed by atoms with Crippen molar-refractivity contribution >= 4 is 40.2 Å². The van der Waals surface area contributed by atoms with E-state index < -0.39 is 27.1 Å². The second-order valence-corrected chi connectivity index (χ2v) is 7.00. The van der Waals surface area contributed by atoms with Crippen molar-refractivity contribution in [3.63, 3.8) is 0 Å². The normalized spacial score (nSPS) is 10.6. The lowest BCUT2D eigenvalue weighted by molar-refractivity contribution is -0.395. The molecule has 1 aromatic heterocycles. The predicted octanol–water partition coefficient (Wildman–Crippen LogP) is 3.97. The molecule has 0 bridgehead atoms. The maximum atomic E-state index is 11.9. The summed E-state index contributed by atoms with van der Waals surface area (Å²) in [7, 11) is 0. The molecule has 9 nitrogen and oxygen atoms in total. The van der Waals surface area contributed by atoms with Gasteiger partial charge < -0.3 is 5.73 Å². The zero-order valence-electron chi connectivity index (χ0n) is 14.0. The molecule has 142 valence electrons. The van der Waals surface area contributed by atoms with Crippen LogP contribution in [0.1, 0.15) is 21.5 Å². The molecule has 1 heterocycles. The zero-order valence-corrected chi connectivity index (χ0v) is 15.6. The first-order chi connectivity index (χ1) is 13.3. The zero-order chi connectivity index (χ0) is 20.4. The molecule has 3 aromatic rings. The third kappa shape index (κ3) is 3.68. The number of carbonyl (C=O) groups excluding carboxylic acids is 1. The Morgan fingerprint density at radius 3 is 2.36 bits per heavy atom. The molecule has 1 amide bonds. The molecule has 0 radical (unpaired) electrons. The van der Waals surface area contributed by atoms with Crippen LogP contribution in [0.5, 0.6) is 0 Å². The lowest BCUT2D eigenvalue weighted by Gasteiger charge is -2.11. The van der Waals surface area contributed by atoms with Crippen LogP contribution in [-0.2, 0) is 6.42 Å². The molecule has 0 saturated carbocycles. The first kappa shape index (κ1) is 19.4. The van der Waals surface area contributed by atoms with Crippen molar-refractivity contribution in [2.45, 2.75) is 6.42 Å². The summed E-state index contributed by atoms with van der Waals surface area (Å²) in [6.07, 6.45) is 1.30. The molecule has 0 fully saturated rings. The summed E-state index contributed by atoms with van der Waals surface area (Å²) in [4.78, 5) is 38.0. The average Bonchev–Trinajstić information content (AvgIpc) is 3.16. The Balaban J connectivity index is 2.36. The van der Waals surface area contributed by atoms with Gasteiger partial charge >= 0.3 is 0 Å². The molecule has 0 atom stereocenters. The van der Waals surface area contributed by atoms with Gasteiger partial charge in [-0.1, -0.05) is 23.7 Å². The minimum Gasteiger partial charge on any atom is -0.366 e. The molecular weight excluding hydrogens is 408 g/mol. The molecule has 2 N–H and O–H groups in total. The van der Waals surface area contributed by atoms with Crippen LogP contribution in [-0.4, -0.2) is 20.7 Å². The number of primary amides is 1. The van der Waals surface area contributed by atoms with Gasteiger partial charge in [0.15, 0.2) is 0 Å². The molecule has 0 spiro atoms. The Morgan fingerprint density at radius 2 is 1.86 bits per heavy atom. The lowest BCUT2D eigenvalue weighted by Crippen LogP contribution is -2.16. The molecule has 0 aliphatic carbocycles. The van der Waals surface area contributed by atoms with E-state index in [0.29, 0.717) is 10.6 Å². The summed E-state index contributed by atoms with van der Waals surface area (Å²) in [6.45, 7) is 0. The summed E-state index contributed by atoms with van der Waals surface area (Å²) in [5.41, 5.74) is 4.22. The summed E-state index contributed by atoms with van der Waals surface area (Å²) >= 11 is 6.91. The van der Waals surface area contributed by atoms with Crippen LogP contribution >= 0.6 is 22.9 Å². The molecule has 0 unspecified atom stereocenters. The lowest BCUT2D eigenvalue weighted by atomic mass is 9.94. The van der Waals surface area contributed by atoms with Gasteiger partial charge in [0, 0.05) is 29.1 Å². The van der Waals surface area contributed by atoms with Gasteiger partial charge in [0.2, 0.25) is 5.91 Å². The molecule has 0 aliphatic rings. The standard InChI is InChI=1S/C17H11ClN4O5S/c18-10-3-1-9(2-4-10)7-11-13(21(24)25)8-12(16(19)23)14(15(11)22(26)27)17-20-5-6-28-17/h1-6,8H,7H2,(H2,19,23). The summed E-state index contributed by atoms with van der Waals surface area (Å²) in [6, 6.07) is 7.35. The van der Waals surface area contributed by atoms with Crippen molar-refractivity contribution in [3.05, 3.63) is 83.9 Å². The SMILES string of the molecule is NC(=O)c1cc([N+](=O)[O-])c(Cc2ccc(Cl)cc2)c([N+](=O)[O-])c1-c1nccs1. The number of nitrogens with zero attached hydrogens (tertiary/aromatic N) is 3. The van der Waals surface area contributed by atoms with Crippen LogP contribution < -0.4 is 5.73 Å². The number of hydrogen-bond donors (Lipinski definition) is 1. The van der Waals surface area contributed by atoms with Crippen molar-refractivity contribution in [1.29, 1.82) is 0 Å². The quantitative estimate of drug-likeness (QED) is 0.474. The van der Waals surface area contributed by atoms with Crippen LogP contribution in [0.4, 0.5) is 11.4 Å². The monoisotopic (exact) mass is 418 g/mol. The fraction of sp³-hybridized carbons (Fsp3) is 0.0588. The van der Waals surface area contributed by atoms with Crippen molar-refractivity contribution in [1.82, 2.24) is 4.98 Å². The van der Waals surface area contributed by atoms with E-state index in [9.17, 15) is 25.0 Å². The number of hydrogen-bond acceptors (Lipinski definition) is 7. The van der Waals surface area contributed by atoms with E-state index in [2.05, 4.69) is 4.98 Å². The molecular formula is C17H11ClN4O5S. The number of carbonyl (C=O) groups is 1. The number of thiazole rings is 1. The van der Waals surface area contributed by atoms with Gasteiger partial charge in [-0.25, -0.2) is 4.98 Å². The van der Waals surface area contributed by atoms with Gasteiger partial charge in [-0.05, 0) is 17.7 Å². The van der Waals surface area contributed by atoms with E-state index >= 15 is 0 Å². The first-order valence-corrected chi connectivity index (χ1v) is 8.98. The Kier molecular flexibility index (Phi) is 5.34. The fourth-order valence-electron chi connectivity index (χ4n) is 2.80. The second kappa shape index (κ2) is 7.71. The minimum atomic E-state index is -1.02. The highest BCUT2D eigenvalue weighted by Crippen LogP contribution is 2.42. The number of rotatable bonds is 6. The van der Waals surface area contributed by atoms with Crippen LogP contribution in [0.3, 0.4) is 0 Å². The first-order valence-electron chi connectivity index (χ1n) is 7.72. The van der Waals surface area contributed by atoms with Crippen molar-refractivity contribution < 1.29 is 14.6 Å². The van der Waals surface area contributed by atoms with Crippen LogP contribution in [0, 0.1) is 20.2 Å². The fourth-order valence-corrected chi connectivity index (χ4v) is 3.62. The Labute approximate surface area is 166 Å². The number of nitro benzene ring substituents is 2. The number of nitrogens with two attached hydrogens (primary N) is 1. The van der Waals surface area contributed by atoms with E-state index in [4.69, 9.17) is 17.3 Å². The highest BCUT2D eigenvalue weighted by molar-refractivity contribution is 7.13. The van der Waals surface area contributed by atoms with Crippen molar-refractivity contribution in [2.24, 2.45) is 5.73 Å². The number of benzene rings is 2. The van der Waals surface area contributed by atoms with Crippen LogP contribution in [0.25, 0.3) is 10.6 Å². The molecule has 2 aromatic carbocycles. The summed E-state index contributed by atoms with van der Waals surface area (Å²) in [5.74, 6) is -1.02. The molecule has 3 rings (SSSR count). The van der Waals surface area contributed by atoms with E-state index in [0.717, 1.165) is 17.4 Å². The van der Waals surface area contributed by atoms with Gasteiger partial charge in [0.1, 0.15) is 16.1 Å². The van der Waals surface area contributed by atoms with E-state index in [1.165, 1.54) is 6.20 Å². The van der Waals surface area contributed by atoms with Gasteiger partial charge in [-0.15, -0.1) is 11.3 Å². The Hall–Kier alpha value is -3.37. The van der Waals surface area contributed by atoms with E-state index in [1.54, 1.807) is 29.6 Å². The summed E-state index contributed by atoms with van der Waals surface area (Å²) < 4.78 is 0. The summed E-state index contributed by atoms with van der Waals surface area (Å²) in [5, 5.41) is 25.7. The molecule has 28 heavy (non-hydrogen) atoms. The molecule has 0 saturated heterocycles. The topological polar surface area (TPSA) is 142 Å². The van der Waals surface area contributed by atoms with Gasteiger partial charge in [0.25, 0.3) is 11.4 Å². The predicted molar refractivity (Wildman–Crippen MR) is 104 cm³/mol. The molecule has 0 aliphatic heterocycles. The van der Waals surface area contributed by atoms with Crippen LogP contribution in [0.2, 0.25) is 5.02 Å². The largest absolute Gasteiger partial charge is 0.366 e. The van der Waals surface area contributed by atoms with E-state index in [1.807, 2.05) is 0 Å². The van der Waals surface area contributed by atoms with Crippen molar-refractivity contribution in [3.8, 4) is 10.6 Å². The molecule has 11 heteroatoms. The minimum absolute atomic E-state index is 0.110. The van der Waals surface area contributed by atoms with Crippen molar-refractivity contribution in [2.75, 3.05) is 0 Å². The third-order valence-corrected chi connectivity index (χ3v) is 5.01. The second-order valence-electron chi connectivity index (χ2n) is 5.66. The number of aromatic nitrogens is 1. The van der Waals surface area contributed by atoms with Gasteiger partial charge in [-0.2, -0.15) is 0 Å². The average molecular weight is 419 g/mol.